The Morgan fingerprint density at radius 1 is 1.18 bits per heavy atom. The molecule has 8 heteroatoms. The van der Waals surface area contributed by atoms with Crippen molar-refractivity contribution in [2.24, 2.45) is 4.99 Å². The van der Waals surface area contributed by atoms with Gasteiger partial charge in [0.2, 0.25) is 5.91 Å². The van der Waals surface area contributed by atoms with Gasteiger partial charge in [-0.1, -0.05) is 6.92 Å². The van der Waals surface area contributed by atoms with E-state index in [0.29, 0.717) is 18.4 Å². The number of hydrogen-bond donors (Lipinski definition) is 1. The van der Waals surface area contributed by atoms with Crippen molar-refractivity contribution in [2.75, 3.05) is 58.9 Å². The summed E-state index contributed by atoms with van der Waals surface area (Å²) in [6.45, 7) is 12.2. The Morgan fingerprint density at radius 2 is 1.89 bits per heavy atom. The monoisotopic (exact) mass is 519 g/mol. The van der Waals surface area contributed by atoms with Crippen LogP contribution < -0.4 is 5.32 Å². The zero-order valence-corrected chi connectivity index (χ0v) is 20.2. The number of nitrogens with zero attached hydrogens (tertiary/aromatic N) is 4. The Bertz CT molecular complexity index is 610. The Balaban J connectivity index is 0.00000280. The van der Waals surface area contributed by atoms with Crippen LogP contribution in [0.25, 0.3) is 0 Å². The summed E-state index contributed by atoms with van der Waals surface area (Å²) in [6.07, 6.45) is 2.32. The van der Waals surface area contributed by atoms with Crippen molar-refractivity contribution in [3.05, 3.63) is 22.4 Å². The molecular formula is C20H34IN5OS. The number of rotatable bonds is 6. The van der Waals surface area contributed by atoms with Crippen LogP contribution in [0, 0.1) is 0 Å². The van der Waals surface area contributed by atoms with E-state index in [2.05, 4.69) is 45.8 Å². The highest BCUT2D eigenvalue weighted by atomic mass is 127. The molecule has 2 fully saturated rings. The molecule has 3 heterocycles. The van der Waals surface area contributed by atoms with Gasteiger partial charge in [0, 0.05) is 58.3 Å². The van der Waals surface area contributed by atoms with Crippen molar-refractivity contribution in [3.8, 4) is 0 Å². The normalized spacial score (nSPS) is 19.4. The summed E-state index contributed by atoms with van der Waals surface area (Å²) >= 11 is 1.74. The summed E-state index contributed by atoms with van der Waals surface area (Å²) in [7, 11) is 0. The maximum Gasteiger partial charge on any atom is 0.236 e. The number of piperazine rings is 1. The second-order valence-electron chi connectivity index (χ2n) is 7.50. The molecule has 158 valence electrons. The summed E-state index contributed by atoms with van der Waals surface area (Å²) in [4.78, 5) is 23.9. The average molecular weight is 519 g/mol. The van der Waals surface area contributed by atoms with E-state index >= 15 is 0 Å². The molecule has 1 aromatic rings. The molecule has 1 atom stereocenters. The molecule has 1 amide bonds. The van der Waals surface area contributed by atoms with Gasteiger partial charge in [-0.25, -0.2) is 0 Å². The third kappa shape index (κ3) is 6.59. The zero-order chi connectivity index (χ0) is 19.1. The summed E-state index contributed by atoms with van der Waals surface area (Å²) in [6, 6.07) is 2.19. The van der Waals surface area contributed by atoms with Crippen molar-refractivity contribution in [1.82, 2.24) is 20.0 Å². The maximum absolute atomic E-state index is 12.4. The van der Waals surface area contributed by atoms with Crippen LogP contribution in [-0.2, 0) is 4.79 Å². The van der Waals surface area contributed by atoms with E-state index in [9.17, 15) is 4.79 Å². The number of guanidine groups is 1. The first-order chi connectivity index (χ1) is 13.2. The van der Waals surface area contributed by atoms with Crippen molar-refractivity contribution < 1.29 is 4.79 Å². The van der Waals surface area contributed by atoms with Crippen molar-refractivity contribution >= 4 is 47.2 Å². The van der Waals surface area contributed by atoms with Gasteiger partial charge in [0.15, 0.2) is 5.96 Å². The van der Waals surface area contributed by atoms with Crippen LogP contribution in [0.4, 0.5) is 0 Å². The van der Waals surface area contributed by atoms with Gasteiger partial charge in [-0.05, 0) is 42.2 Å². The second-order valence-corrected chi connectivity index (χ2v) is 8.28. The van der Waals surface area contributed by atoms with E-state index in [1.54, 1.807) is 11.3 Å². The minimum Gasteiger partial charge on any atom is -0.357 e. The molecule has 1 aromatic heterocycles. The fourth-order valence-corrected chi connectivity index (χ4v) is 4.47. The summed E-state index contributed by atoms with van der Waals surface area (Å²) in [5.41, 5.74) is 1.37. The van der Waals surface area contributed by atoms with E-state index in [-0.39, 0.29) is 24.0 Å². The number of likely N-dealkylation sites (tertiary alicyclic amines) is 1. The Kier molecular flexibility index (Phi) is 10.0. The van der Waals surface area contributed by atoms with E-state index in [0.717, 1.165) is 71.2 Å². The summed E-state index contributed by atoms with van der Waals surface area (Å²) in [5.74, 6) is 1.74. The molecule has 0 aromatic carbocycles. The molecule has 2 saturated heterocycles. The van der Waals surface area contributed by atoms with Crippen LogP contribution in [-0.4, -0.2) is 85.5 Å². The van der Waals surface area contributed by atoms with Crippen LogP contribution in [0.5, 0.6) is 0 Å². The Hall–Kier alpha value is -0.870. The topological polar surface area (TPSA) is 51.2 Å². The predicted molar refractivity (Wildman–Crippen MR) is 128 cm³/mol. The number of thiophene rings is 1. The van der Waals surface area contributed by atoms with Crippen LogP contribution in [0.1, 0.15) is 38.2 Å². The SMILES string of the molecule is CCNC(=NCC(C)c1ccsc1)N1CCN(CC(=O)N2CCCC2)CC1.I. The minimum absolute atomic E-state index is 0. The van der Waals surface area contributed by atoms with E-state index in [1.807, 2.05) is 4.90 Å². The van der Waals surface area contributed by atoms with Gasteiger partial charge in [0.1, 0.15) is 0 Å². The Labute approximate surface area is 190 Å². The molecule has 28 heavy (non-hydrogen) atoms. The molecule has 2 aliphatic rings. The Morgan fingerprint density at radius 3 is 2.50 bits per heavy atom. The fraction of sp³-hybridized carbons (Fsp3) is 0.700. The number of aliphatic imine (C=N–C) groups is 1. The van der Waals surface area contributed by atoms with Crippen LogP contribution in [0.2, 0.25) is 0 Å². The number of carbonyl (C=O) groups excluding carboxylic acids is 1. The largest absolute Gasteiger partial charge is 0.357 e. The molecule has 0 radical (unpaired) electrons. The lowest BCUT2D eigenvalue weighted by molar-refractivity contribution is -0.131. The predicted octanol–water partition coefficient (Wildman–Crippen LogP) is 2.68. The van der Waals surface area contributed by atoms with E-state index in [1.165, 1.54) is 5.56 Å². The molecular weight excluding hydrogens is 485 g/mol. The van der Waals surface area contributed by atoms with Crippen LogP contribution >= 0.6 is 35.3 Å². The van der Waals surface area contributed by atoms with Gasteiger partial charge >= 0.3 is 0 Å². The van der Waals surface area contributed by atoms with Gasteiger partial charge < -0.3 is 15.1 Å². The van der Waals surface area contributed by atoms with Crippen molar-refractivity contribution in [2.45, 2.75) is 32.6 Å². The highest BCUT2D eigenvalue weighted by Crippen LogP contribution is 2.18. The summed E-state index contributed by atoms with van der Waals surface area (Å²) < 4.78 is 0. The summed E-state index contributed by atoms with van der Waals surface area (Å²) in [5, 5.41) is 7.78. The smallest absolute Gasteiger partial charge is 0.236 e. The molecule has 0 saturated carbocycles. The van der Waals surface area contributed by atoms with Gasteiger partial charge in [0.25, 0.3) is 0 Å². The highest BCUT2D eigenvalue weighted by Gasteiger charge is 2.24. The first-order valence-corrected chi connectivity index (χ1v) is 11.2. The molecule has 1 unspecified atom stereocenters. The van der Waals surface area contributed by atoms with Gasteiger partial charge in [0.05, 0.1) is 6.54 Å². The highest BCUT2D eigenvalue weighted by molar-refractivity contribution is 14.0. The number of carbonyl (C=O) groups is 1. The number of hydrogen-bond acceptors (Lipinski definition) is 4. The lowest BCUT2D eigenvalue weighted by Gasteiger charge is -2.36. The maximum atomic E-state index is 12.4. The lowest BCUT2D eigenvalue weighted by Crippen LogP contribution is -2.54. The van der Waals surface area contributed by atoms with Crippen LogP contribution in [0.3, 0.4) is 0 Å². The van der Waals surface area contributed by atoms with Crippen molar-refractivity contribution in [3.63, 3.8) is 0 Å². The van der Waals surface area contributed by atoms with Gasteiger partial charge in [-0.15, -0.1) is 24.0 Å². The minimum atomic E-state index is 0. The second kappa shape index (κ2) is 12.0. The number of amides is 1. The van der Waals surface area contributed by atoms with Gasteiger partial charge in [-0.3, -0.25) is 14.7 Å². The molecule has 0 spiro atoms. The first kappa shape index (κ1) is 23.4. The standard InChI is InChI=1S/C20H33N5OS.HI/c1-3-21-20(22-14-17(2)18-6-13-27-16-18)25-11-9-23(10-12-25)15-19(26)24-7-4-5-8-24;/h6,13,16-17H,3-5,7-12,14-15H2,1-2H3,(H,21,22);1H. The third-order valence-electron chi connectivity index (χ3n) is 5.45. The number of halogens is 1. The third-order valence-corrected chi connectivity index (χ3v) is 6.15. The molecule has 0 aliphatic carbocycles. The first-order valence-electron chi connectivity index (χ1n) is 10.2. The van der Waals surface area contributed by atoms with E-state index in [4.69, 9.17) is 4.99 Å². The zero-order valence-electron chi connectivity index (χ0n) is 17.1. The molecule has 6 nitrogen and oxygen atoms in total. The van der Waals surface area contributed by atoms with Crippen molar-refractivity contribution in [1.29, 1.82) is 0 Å². The quantitative estimate of drug-likeness (QED) is 0.357. The van der Waals surface area contributed by atoms with Crippen LogP contribution in [0.15, 0.2) is 21.8 Å². The fourth-order valence-electron chi connectivity index (χ4n) is 3.69. The molecule has 1 N–H and O–H groups in total. The molecule has 0 bridgehead atoms. The number of nitrogens with one attached hydrogen (secondary N) is 1. The van der Waals surface area contributed by atoms with Gasteiger partial charge in [-0.2, -0.15) is 11.3 Å². The lowest BCUT2D eigenvalue weighted by atomic mass is 10.1. The molecule has 2 aliphatic heterocycles. The average Bonchev–Trinajstić information content (AvgIpc) is 3.39. The van der Waals surface area contributed by atoms with E-state index < -0.39 is 0 Å². The molecule has 3 rings (SSSR count).